The van der Waals surface area contributed by atoms with Crippen molar-refractivity contribution in [3.05, 3.63) is 59.7 Å². The van der Waals surface area contributed by atoms with Crippen LogP contribution in [0.15, 0.2) is 48.5 Å². The molecule has 0 bridgehead atoms. The molecule has 3 nitrogen and oxygen atoms in total. The standard InChI is InChI=1S/C20H20F3NO2/c1-26-18-9-4-10-24(13-18)19(25)16-7-2-5-14(11-16)15-6-3-8-17(12-15)20(21,22)23/h2-3,5-8,11-12,18H,4,9-10,13H2,1H3. The third kappa shape index (κ3) is 4.07. The van der Waals surface area contributed by atoms with E-state index in [1.807, 2.05) is 0 Å². The molecule has 1 saturated heterocycles. The Morgan fingerprint density at radius 3 is 2.50 bits per heavy atom. The maximum absolute atomic E-state index is 12.9. The number of hydrogen-bond donors (Lipinski definition) is 0. The van der Waals surface area contributed by atoms with Gasteiger partial charge in [-0.2, -0.15) is 13.2 Å². The van der Waals surface area contributed by atoms with Gasteiger partial charge in [0.25, 0.3) is 5.91 Å². The number of methoxy groups -OCH3 is 1. The van der Waals surface area contributed by atoms with E-state index in [1.165, 1.54) is 6.07 Å². The number of likely N-dealkylation sites (tertiary alicyclic amines) is 1. The van der Waals surface area contributed by atoms with Crippen LogP contribution in [-0.4, -0.2) is 37.1 Å². The zero-order chi connectivity index (χ0) is 18.7. The van der Waals surface area contributed by atoms with Crippen molar-refractivity contribution in [1.82, 2.24) is 4.90 Å². The van der Waals surface area contributed by atoms with Crippen molar-refractivity contribution >= 4 is 5.91 Å². The molecule has 6 heteroatoms. The van der Waals surface area contributed by atoms with Crippen LogP contribution in [0.1, 0.15) is 28.8 Å². The van der Waals surface area contributed by atoms with Crippen LogP contribution in [0.4, 0.5) is 13.2 Å². The number of carbonyl (C=O) groups is 1. The lowest BCUT2D eigenvalue weighted by Crippen LogP contribution is -2.42. The average molecular weight is 363 g/mol. The largest absolute Gasteiger partial charge is 0.416 e. The van der Waals surface area contributed by atoms with Crippen molar-refractivity contribution in [2.75, 3.05) is 20.2 Å². The van der Waals surface area contributed by atoms with E-state index in [1.54, 1.807) is 42.3 Å². The molecule has 3 rings (SSSR count). The van der Waals surface area contributed by atoms with Crippen LogP contribution in [0.25, 0.3) is 11.1 Å². The van der Waals surface area contributed by atoms with Crippen molar-refractivity contribution < 1.29 is 22.7 Å². The molecule has 1 fully saturated rings. The van der Waals surface area contributed by atoms with Gasteiger partial charge >= 0.3 is 6.18 Å². The molecule has 1 aliphatic heterocycles. The SMILES string of the molecule is COC1CCCN(C(=O)c2cccc(-c3cccc(C(F)(F)F)c3)c2)C1. The molecule has 1 amide bonds. The van der Waals surface area contributed by atoms with Crippen molar-refractivity contribution in [1.29, 1.82) is 0 Å². The number of amides is 1. The second kappa shape index (κ2) is 7.50. The summed E-state index contributed by atoms with van der Waals surface area (Å²) in [5, 5.41) is 0. The highest BCUT2D eigenvalue weighted by atomic mass is 19.4. The lowest BCUT2D eigenvalue weighted by molar-refractivity contribution is -0.137. The van der Waals surface area contributed by atoms with Crippen LogP contribution in [0, 0.1) is 0 Å². The van der Waals surface area contributed by atoms with Gasteiger partial charge in [0.1, 0.15) is 0 Å². The van der Waals surface area contributed by atoms with Gasteiger partial charge in [0.05, 0.1) is 11.7 Å². The van der Waals surface area contributed by atoms with E-state index in [0.29, 0.717) is 29.8 Å². The molecule has 1 unspecified atom stereocenters. The second-order valence-electron chi connectivity index (χ2n) is 6.41. The molecule has 0 aliphatic carbocycles. The van der Waals surface area contributed by atoms with Crippen LogP contribution >= 0.6 is 0 Å². The normalized spacial score (nSPS) is 18.0. The summed E-state index contributed by atoms with van der Waals surface area (Å²) in [6.07, 6.45) is -2.58. The molecular formula is C20H20F3NO2. The highest BCUT2D eigenvalue weighted by Crippen LogP contribution is 2.32. The highest BCUT2D eigenvalue weighted by molar-refractivity contribution is 5.95. The molecule has 0 aromatic heterocycles. The number of benzene rings is 2. The summed E-state index contributed by atoms with van der Waals surface area (Å²) in [6, 6.07) is 11.9. The fourth-order valence-corrected chi connectivity index (χ4v) is 3.20. The third-order valence-corrected chi connectivity index (χ3v) is 4.63. The Balaban J connectivity index is 1.86. The first-order valence-corrected chi connectivity index (χ1v) is 8.48. The van der Waals surface area contributed by atoms with Gasteiger partial charge in [-0.05, 0) is 48.2 Å². The molecule has 0 radical (unpaired) electrons. The van der Waals surface area contributed by atoms with Crippen LogP contribution in [-0.2, 0) is 10.9 Å². The molecular weight excluding hydrogens is 343 g/mol. The Kier molecular flexibility index (Phi) is 5.32. The van der Waals surface area contributed by atoms with Gasteiger partial charge in [-0.15, -0.1) is 0 Å². The summed E-state index contributed by atoms with van der Waals surface area (Å²) in [5.41, 5.74) is 0.785. The first-order valence-electron chi connectivity index (χ1n) is 8.48. The summed E-state index contributed by atoms with van der Waals surface area (Å²) < 4.78 is 44.1. The molecule has 2 aromatic rings. The zero-order valence-corrected chi connectivity index (χ0v) is 14.4. The van der Waals surface area contributed by atoms with Gasteiger partial charge in [-0.25, -0.2) is 0 Å². The smallest absolute Gasteiger partial charge is 0.380 e. The van der Waals surface area contributed by atoms with E-state index < -0.39 is 11.7 Å². The fourth-order valence-electron chi connectivity index (χ4n) is 3.20. The third-order valence-electron chi connectivity index (χ3n) is 4.63. The predicted molar refractivity (Wildman–Crippen MR) is 92.8 cm³/mol. The Labute approximate surface area is 150 Å². The predicted octanol–water partition coefficient (Wildman–Crippen LogP) is 4.62. The number of piperidine rings is 1. The van der Waals surface area contributed by atoms with Gasteiger partial charge in [0, 0.05) is 25.8 Å². The quantitative estimate of drug-likeness (QED) is 0.796. The van der Waals surface area contributed by atoms with Gasteiger partial charge < -0.3 is 9.64 Å². The molecule has 0 N–H and O–H groups in total. The number of halogens is 3. The highest BCUT2D eigenvalue weighted by Gasteiger charge is 2.30. The Morgan fingerprint density at radius 1 is 1.12 bits per heavy atom. The van der Waals surface area contributed by atoms with Crippen molar-refractivity contribution in [3.8, 4) is 11.1 Å². The van der Waals surface area contributed by atoms with Gasteiger partial charge in [0.15, 0.2) is 0 Å². The molecule has 2 aromatic carbocycles. The lowest BCUT2D eigenvalue weighted by Gasteiger charge is -2.32. The van der Waals surface area contributed by atoms with Crippen molar-refractivity contribution in [2.45, 2.75) is 25.1 Å². The van der Waals surface area contributed by atoms with E-state index >= 15 is 0 Å². The van der Waals surface area contributed by atoms with Crippen LogP contribution in [0.2, 0.25) is 0 Å². The molecule has 1 atom stereocenters. The second-order valence-corrected chi connectivity index (χ2v) is 6.41. The number of nitrogens with zero attached hydrogens (tertiary/aromatic N) is 1. The minimum Gasteiger partial charge on any atom is -0.380 e. The van der Waals surface area contributed by atoms with Gasteiger partial charge in [0.2, 0.25) is 0 Å². The monoisotopic (exact) mass is 363 g/mol. The number of carbonyl (C=O) groups excluding carboxylic acids is 1. The van der Waals surface area contributed by atoms with Crippen LogP contribution in [0.5, 0.6) is 0 Å². The van der Waals surface area contributed by atoms with Crippen molar-refractivity contribution in [2.24, 2.45) is 0 Å². The van der Waals surface area contributed by atoms with E-state index in [4.69, 9.17) is 4.74 Å². The van der Waals surface area contributed by atoms with E-state index in [0.717, 1.165) is 25.0 Å². The summed E-state index contributed by atoms with van der Waals surface area (Å²) >= 11 is 0. The van der Waals surface area contributed by atoms with E-state index in [2.05, 4.69) is 0 Å². The van der Waals surface area contributed by atoms with E-state index in [-0.39, 0.29) is 12.0 Å². The first kappa shape index (κ1) is 18.5. The molecule has 0 saturated carbocycles. The summed E-state index contributed by atoms with van der Waals surface area (Å²) in [5.74, 6) is -0.124. The Hall–Kier alpha value is -2.34. The number of ether oxygens (including phenoxy) is 1. The summed E-state index contributed by atoms with van der Waals surface area (Å²) in [7, 11) is 1.63. The van der Waals surface area contributed by atoms with Crippen molar-refractivity contribution in [3.63, 3.8) is 0 Å². The number of rotatable bonds is 3. The van der Waals surface area contributed by atoms with Gasteiger partial charge in [-0.1, -0.05) is 24.3 Å². The number of hydrogen-bond acceptors (Lipinski definition) is 2. The first-order chi connectivity index (χ1) is 12.4. The maximum atomic E-state index is 12.9. The summed E-state index contributed by atoms with van der Waals surface area (Å²) in [6.45, 7) is 1.19. The average Bonchev–Trinajstić information content (AvgIpc) is 2.67. The van der Waals surface area contributed by atoms with Crippen LogP contribution < -0.4 is 0 Å². The molecule has 0 spiro atoms. The summed E-state index contributed by atoms with van der Waals surface area (Å²) in [4.78, 5) is 14.5. The van der Waals surface area contributed by atoms with Gasteiger partial charge in [-0.3, -0.25) is 4.79 Å². The molecule has 1 heterocycles. The topological polar surface area (TPSA) is 29.5 Å². The Morgan fingerprint density at radius 2 is 1.81 bits per heavy atom. The zero-order valence-electron chi connectivity index (χ0n) is 14.4. The minimum absolute atomic E-state index is 0.0272. The van der Waals surface area contributed by atoms with Crippen LogP contribution in [0.3, 0.4) is 0 Å². The molecule has 26 heavy (non-hydrogen) atoms. The minimum atomic E-state index is -4.40. The molecule has 1 aliphatic rings. The fraction of sp³-hybridized carbons (Fsp3) is 0.350. The Bertz CT molecular complexity index is 789. The maximum Gasteiger partial charge on any atom is 0.416 e. The van der Waals surface area contributed by atoms with E-state index in [9.17, 15) is 18.0 Å². The molecule has 138 valence electrons. The lowest BCUT2D eigenvalue weighted by atomic mass is 10.00. The number of alkyl halides is 3.